The Morgan fingerprint density at radius 3 is 2.69 bits per heavy atom. The van der Waals surface area contributed by atoms with Gasteiger partial charge in [-0.1, -0.05) is 6.42 Å². The van der Waals surface area contributed by atoms with Crippen LogP contribution < -0.4 is 5.56 Å². The Hall–Kier alpha value is -2.67. The summed E-state index contributed by atoms with van der Waals surface area (Å²) in [4.78, 5) is 34.4. The van der Waals surface area contributed by atoms with Crippen LogP contribution in [-0.2, 0) is 5.66 Å². The minimum atomic E-state index is -0.767. The van der Waals surface area contributed by atoms with Crippen LogP contribution in [0.2, 0.25) is 0 Å². The van der Waals surface area contributed by atoms with Gasteiger partial charge in [0.15, 0.2) is 0 Å². The maximum Gasteiger partial charge on any atom is 0.287 e. The molecule has 1 aliphatic carbocycles. The molecular weight excluding hydrogens is 354 g/mol. The van der Waals surface area contributed by atoms with Crippen molar-refractivity contribution in [1.29, 1.82) is 0 Å². The zero-order valence-electron chi connectivity index (χ0n) is 13.9. The maximum atomic E-state index is 13.4. The number of carbonyl (C=O) groups is 1. The molecule has 8 heteroatoms. The van der Waals surface area contributed by atoms with Crippen molar-refractivity contribution in [3.63, 3.8) is 0 Å². The molecule has 0 N–H and O–H groups in total. The van der Waals surface area contributed by atoms with Crippen molar-refractivity contribution in [2.75, 3.05) is 0 Å². The quantitative estimate of drug-likeness (QED) is 0.618. The molecule has 1 amide bonds. The summed E-state index contributed by atoms with van der Waals surface area (Å²) in [6, 6.07) is 5.22. The van der Waals surface area contributed by atoms with Crippen LogP contribution in [0.1, 0.15) is 42.6 Å². The van der Waals surface area contributed by atoms with E-state index in [2.05, 4.69) is 9.97 Å². The molecule has 3 aromatic rings. The molecule has 0 saturated heterocycles. The predicted octanol–water partition coefficient (Wildman–Crippen LogP) is 2.81. The molecule has 7 nitrogen and oxygen atoms in total. The molecule has 1 saturated carbocycles. The largest absolute Gasteiger partial charge is 0.296 e. The Bertz CT molecular complexity index is 1100. The summed E-state index contributed by atoms with van der Waals surface area (Å²) in [6.45, 7) is 0. The lowest BCUT2D eigenvalue weighted by Gasteiger charge is -2.38. The third kappa shape index (κ3) is 1.89. The third-order valence-corrected chi connectivity index (χ3v) is 5.97. The van der Waals surface area contributed by atoms with Crippen molar-refractivity contribution >= 4 is 28.7 Å². The van der Waals surface area contributed by atoms with E-state index in [0.717, 1.165) is 24.6 Å². The minimum absolute atomic E-state index is 0.225. The Labute approximate surface area is 153 Å². The van der Waals surface area contributed by atoms with Gasteiger partial charge in [0.2, 0.25) is 0 Å². The number of carbonyl (C=O) groups excluding carboxylic acids is 1. The summed E-state index contributed by atoms with van der Waals surface area (Å²) < 4.78 is 4.58. The molecule has 0 unspecified atom stereocenters. The molecule has 1 fully saturated rings. The molecule has 132 valence electrons. The number of nitrogens with zero attached hydrogens (tertiary/aromatic N) is 5. The van der Waals surface area contributed by atoms with E-state index in [9.17, 15) is 9.59 Å². The van der Waals surface area contributed by atoms with Crippen LogP contribution in [0, 0.1) is 0 Å². The van der Waals surface area contributed by atoms with E-state index < -0.39 is 5.66 Å². The summed E-state index contributed by atoms with van der Waals surface area (Å²) in [5, 5.41) is 0.847. The van der Waals surface area contributed by atoms with Gasteiger partial charge in [-0.25, -0.2) is 14.4 Å². The van der Waals surface area contributed by atoms with Crippen molar-refractivity contribution in [3.05, 3.63) is 53.0 Å². The van der Waals surface area contributed by atoms with Gasteiger partial charge in [-0.05, 0) is 43.9 Å². The number of aromatic nitrogens is 4. The summed E-state index contributed by atoms with van der Waals surface area (Å²) in [5.74, 6) is -0.308. The van der Waals surface area contributed by atoms with Crippen LogP contribution in [0.4, 0.5) is 0 Å². The average molecular weight is 370 g/mol. The van der Waals surface area contributed by atoms with Gasteiger partial charge >= 0.3 is 0 Å². The Kier molecular flexibility index (Phi) is 3.24. The normalized spacial score (nSPS) is 18.7. The molecule has 2 aliphatic rings. The molecule has 1 aliphatic heterocycles. The third-order valence-electron chi connectivity index (χ3n) is 5.50. The smallest absolute Gasteiger partial charge is 0.287 e. The Morgan fingerprint density at radius 1 is 1.08 bits per heavy atom. The van der Waals surface area contributed by atoms with Crippen LogP contribution in [0.3, 0.4) is 0 Å². The molecule has 0 atom stereocenters. The van der Waals surface area contributed by atoms with Crippen molar-refractivity contribution in [1.82, 2.24) is 23.5 Å². The fourth-order valence-electron chi connectivity index (χ4n) is 4.28. The maximum absolute atomic E-state index is 13.4. The number of hydrogen-bond acceptors (Lipinski definition) is 4. The van der Waals surface area contributed by atoms with Crippen molar-refractivity contribution in [3.8, 4) is 5.69 Å². The first-order chi connectivity index (χ1) is 12.6. The summed E-state index contributed by atoms with van der Waals surface area (Å²) in [6.07, 6.45) is 9.29. The first-order valence-electron chi connectivity index (χ1n) is 8.68. The molecule has 0 radical (unpaired) electrons. The second kappa shape index (κ2) is 5.41. The van der Waals surface area contributed by atoms with Gasteiger partial charge in [-0.15, -0.1) is 0 Å². The lowest BCUT2D eigenvalue weighted by Crippen LogP contribution is -2.47. The van der Waals surface area contributed by atoms with E-state index in [0.29, 0.717) is 29.9 Å². The van der Waals surface area contributed by atoms with Crippen LogP contribution in [0.5, 0.6) is 0 Å². The highest BCUT2D eigenvalue weighted by Gasteiger charge is 2.50. The minimum Gasteiger partial charge on any atom is -0.296 e. The monoisotopic (exact) mass is 369 g/mol. The zero-order chi connectivity index (χ0) is 17.9. The second-order valence-electron chi connectivity index (χ2n) is 6.86. The molecule has 0 aromatic carbocycles. The molecule has 3 aromatic heterocycles. The predicted molar refractivity (Wildman–Crippen MR) is 96.2 cm³/mol. The lowest BCUT2D eigenvalue weighted by molar-refractivity contribution is 0.0552. The van der Waals surface area contributed by atoms with Crippen molar-refractivity contribution in [2.45, 2.75) is 37.8 Å². The SMILES string of the molecule is O=C1c2ccc(-n3ccc4cncnc43)c(=O)n2C2(CCCCC2)N1Cl. The molecular formula is C18H16ClN5O2. The van der Waals surface area contributed by atoms with E-state index in [-0.39, 0.29) is 11.5 Å². The highest BCUT2D eigenvalue weighted by atomic mass is 35.5. The van der Waals surface area contributed by atoms with E-state index in [4.69, 9.17) is 11.8 Å². The average Bonchev–Trinajstić information content (AvgIpc) is 3.18. The molecule has 4 heterocycles. The molecule has 0 bridgehead atoms. The molecule has 5 rings (SSSR count). The molecule has 26 heavy (non-hydrogen) atoms. The Morgan fingerprint density at radius 2 is 1.88 bits per heavy atom. The summed E-state index contributed by atoms with van der Waals surface area (Å²) in [7, 11) is 0. The Balaban J connectivity index is 1.77. The van der Waals surface area contributed by atoms with Gasteiger partial charge in [0.25, 0.3) is 11.5 Å². The lowest BCUT2D eigenvalue weighted by atomic mass is 9.89. The van der Waals surface area contributed by atoms with Crippen molar-refractivity contribution < 1.29 is 4.79 Å². The summed E-state index contributed by atoms with van der Waals surface area (Å²) in [5.41, 5.74) is 0.463. The second-order valence-corrected chi connectivity index (χ2v) is 7.20. The van der Waals surface area contributed by atoms with Crippen LogP contribution in [-0.4, -0.2) is 29.4 Å². The number of amides is 1. The van der Waals surface area contributed by atoms with E-state index in [1.807, 2.05) is 6.07 Å². The fourth-order valence-corrected chi connectivity index (χ4v) is 4.61. The van der Waals surface area contributed by atoms with Crippen LogP contribution >= 0.6 is 11.8 Å². The van der Waals surface area contributed by atoms with Gasteiger partial charge in [-0.2, -0.15) is 0 Å². The van der Waals surface area contributed by atoms with Gasteiger partial charge in [-0.3, -0.25) is 18.7 Å². The van der Waals surface area contributed by atoms with Gasteiger partial charge in [0.05, 0.1) is 0 Å². The first kappa shape index (κ1) is 15.6. The van der Waals surface area contributed by atoms with Gasteiger partial charge in [0.1, 0.15) is 29.0 Å². The number of hydrogen-bond donors (Lipinski definition) is 0. The number of fused-ring (bicyclic) bond motifs is 3. The summed E-state index contributed by atoms with van der Waals surface area (Å²) >= 11 is 6.40. The van der Waals surface area contributed by atoms with Crippen molar-refractivity contribution in [2.24, 2.45) is 0 Å². The van der Waals surface area contributed by atoms with Crippen LogP contribution in [0.15, 0.2) is 41.7 Å². The highest BCUT2D eigenvalue weighted by molar-refractivity contribution is 6.25. The van der Waals surface area contributed by atoms with E-state index in [1.54, 1.807) is 33.7 Å². The van der Waals surface area contributed by atoms with E-state index >= 15 is 0 Å². The highest BCUT2D eigenvalue weighted by Crippen LogP contribution is 2.44. The fraction of sp³-hybridized carbons (Fsp3) is 0.333. The van der Waals surface area contributed by atoms with Gasteiger partial charge in [0, 0.05) is 29.6 Å². The number of halogens is 1. The van der Waals surface area contributed by atoms with Crippen LogP contribution in [0.25, 0.3) is 16.7 Å². The topological polar surface area (TPSA) is 73.0 Å². The van der Waals surface area contributed by atoms with Gasteiger partial charge < -0.3 is 0 Å². The number of pyridine rings is 1. The number of rotatable bonds is 1. The van der Waals surface area contributed by atoms with E-state index in [1.165, 1.54) is 10.7 Å². The first-order valence-corrected chi connectivity index (χ1v) is 9.02. The standard InChI is InChI=1S/C18H16ClN5O2/c19-24-17(26)14-5-4-13(22-9-6-12-10-20-11-21-15(12)22)16(25)23(14)18(24)7-2-1-3-8-18/h4-6,9-11H,1-3,7-8H2. The molecule has 1 spiro atoms. The zero-order valence-corrected chi connectivity index (χ0v) is 14.7.